The molecule has 3 nitrogen and oxygen atoms in total. The molecule has 1 atom stereocenters. The zero-order chi connectivity index (χ0) is 12.3. The van der Waals surface area contributed by atoms with Crippen molar-refractivity contribution in [1.82, 2.24) is 9.88 Å². The minimum Gasteiger partial charge on any atom is -0.378 e. The molecule has 0 N–H and O–H groups in total. The number of nitrogens with zero attached hydrogens (tertiary/aromatic N) is 2. The Hall–Kier alpha value is -0.350. The van der Waals surface area contributed by atoms with Crippen LogP contribution in [0.1, 0.15) is 18.9 Å². The van der Waals surface area contributed by atoms with Crippen molar-refractivity contribution >= 4 is 23.2 Å². The molecule has 2 rings (SSSR count). The maximum Gasteiger partial charge on any atom is 0.130 e. The van der Waals surface area contributed by atoms with E-state index in [1.807, 2.05) is 0 Å². The first kappa shape index (κ1) is 13.1. The average molecular weight is 275 g/mol. The highest BCUT2D eigenvalue weighted by Gasteiger charge is 2.22. The van der Waals surface area contributed by atoms with Crippen molar-refractivity contribution in [3.63, 3.8) is 0 Å². The van der Waals surface area contributed by atoms with E-state index < -0.39 is 0 Å². The molecule has 1 saturated heterocycles. The van der Waals surface area contributed by atoms with E-state index in [1.165, 1.54) is 0 Å². The molecule has 0 bridgehead atoms. The van der Waals surface area contributed by atoms with Crippen LogP contribution in [0.25, 0.3) is 0 Å². The van der Waals surface area contributed by atoms with E-state index in [0.717, 1.165) is 38.3 Å². The quantitative estimate of drug-likeness (QED) is 0.793. The summed E-state index contributed by atoms with van der Waals surface area (Å²) >= 11 is 11.9. The lowest BCUT2D eigenvalue weighted by molar-refractivity contribution is -0.0127. The number of morpholine rings is 1. The molecule has 0 aliphatic carbocycles. The zero-order valence-corrected chi connectivity index (χ0v) is 11.3. The minimum atomic E-state index is 0.438. The Bertz CT molecular complexity index is 387. The van der Waals surface area contributed by atoms with Gasteiger partial charge in [-0.05, 0) is 12.5 Å². The Balaban J connectivity index is 2.08. The molecular weight excluding hydrogens is 259 g/mol. The summed E-state index contributed by atoms with van der Waals surface area (Å²) in [5, 5.41) is 1.12. The van der Waals surface area contributed by atoms with E-state index in [4.69, 9.17) is 27.9 Å². The van der Waals surface area contributed by atoms with Gasteiger partial charge in [0.2, 0.25) is 0 Å². The topological polar surface area (TPSA) is 25.4 Å². The van der Waals surface area contributed by atoms with Gasteiger partial charge in [-0.1, -0.05) is 30.1 Å². The molecule has 0 amide bonds. The number of hydrogen-bond donors (Lipinski definition) is 0. The molecule has 94 valence electrons. The fourth-order valence-electron chi connectivity index (χ4n) is 2.04. The van der Waals surface area contributed by atoms with Crippen LogP contribution in [-0.4, -0.2) is 35.7 Å². The summed E-state index contributed by atoms with van der Waals surface area (Å²) < 4.78 is 5.48. The highest BCUT2D eigenvalue weighted by Crippen LogP contribution is 2.22. The number of aromatic nitrogens is 1. The molecule has 0 aromatic carbocycles. The fraction of sp³-hybridized carbons (Fsp3) is 0.583. The van der Waals surface area contributed by atoms with Crippen LogP contribution in [0.15, 0.2) is 12.3 Å². The third-order valence-corrected chi connectivity index (χ3v) is 3.65. The molecular formula is C12H16Cl2N2O. The number of hydrogen-bond acceptors (Lipinski definition) is 3. The van der Waals surface area contributed by atoms with Crippen molar-refractivity contribution in [3.8, 4) is 0 Å². The summed E-state index contributed by atoms with van der Waals surface area (Å²) in [7, 11) is 0. The van der Waals surface area contributed by atoms with Gasteiger partial charge < -0.3 is 4.74 Å². The number of ether oxygens (including phenoxy) is 1. The van der Waals surface area contributed by atoms with Crippen molar-refractivity contribution in [2.75, 3.05) is 19.8 Å². The minimum absolute atomic E-state index is 0.438. The molecule has 1 aliphatic heterocycles. The van der Waals surface area contributed by atoms with Crippen LogP contribution in [-0.2, 0) is 11.3 Å². The van der Waals surface area contributed by atoms with E-state index in [1.54, 1.807) is 12.3 Å². The molecule has 17 heavy (non-hydrogen) atoms. The van der Waals surface area contributed by atoms with Crippen molar-refractivity contribution in [3.05, 3.63) is 28.0 Å². The Kier molecular flexibility index (Phi) is 4.62. The molecule has 1 aromatic rings. The summed E-state index contributed by atoms with van der Waals surface area (Å²) in [6.45, 7) is 5.51. The predicted octanol–water partition coefficient (Wildman–Crippen LogP) is 3.00. The van der Waals surface area contributed by atoms with E-state index >= 15 is 0 Å². The van der Waals surface area contributed by atoms with Gasteiger partial charge in [-0.2, -0.15) is 0 Å². The third kappa shape index (κ3) is 3.32. The average Bonchev–Trinajstić information content (AvgIpc) is 2.33. The molecule has 0 saturated carbocycles. The first-order chi connectivity index (χ1) is 8.20. The van der Waals surface area contributed by atoms with Gasteiger partial charge in [0.1, 0.15) is 5.15 Å². The summed E-state index contributed by atoms with van der Waals surface area (Å²) in [5.41, 5.74) is 1.02. The summed E-state index contributed by atoms with van der Waals surface area (Å²) in [5.74, 6) is 0. The largest absolute Gasteiger partial charge is 0.378 e. The van der Waals surface area contributed by atoms with Crippen molar-refractivity contribution in [2.45, 2.75) is 25.9 Å². The monoisotopic (exact) mass is 274 g/mol. The second kappa shape index (κ2) is 6.01. The second-order valence-electron chi connectivity index (χ2n) is 4.21. The van der Waals surface area contributed by atoms with Gasteiger partial charge in [-0.25, -0.2) is 4.98 Å². The lowest BCUT2D eigenvalue weighted by Gasteiger charge is -2.35. The van der Waals surface area contributed by atoms with Gasteiger partial charge >= 0.3 is 0 Å². The SMILES string of the molecule is CCC1COCCN1Cc1cnc(Cl)cc1Cl. The summed E-state index contributed by atoms with van der Waals surface area (Å²) in [6, 6.07) is 2.16. The van der Waals surface area contributed by atoms with Crippen LogP contribution in [0.3, 0.4) is 0 Å². The normalized spacial score (nSPS) is 21.7. The van der Waals surface area contributed by atoms with Crippen molar-refractivity contribution in [1.29, 1.82) is 0 Å². The Morgan fingerprint density at radius 3 is 3.06 bits per heavy atom. The predicted molar refractivity (Wildman–Crippen MR) is 69.6 cm³/mol. The highest BCUT2D eigenvalue weighted by molar-refractivity contribution is 6.34. The lowest BCUT2D eigenvalue weighted by Crippen LogP contribution is -2.44. The maximum absolute atomic E-state index is 6.16. The molecule has 1 aliphatic rings. The number of halogens is 2. The maximum atomic E-state index is 6.16. The molecule has 1 aromatic heterocycles. The smallest absolute Gasteiger partial charge is 0.130 e. The molecule has 2 heterocycles. The highest BCUT2D eigenvalue weighted by atomic mass is 35.5. The second-order valence-corrected chi connectivity index (χ2v) is 5.00. The van der Waals surface area contributed by atoms with Gasteiger partial charge in [0.05, 0.1) is 13.2 Å². The van der Waals surface area contributed by atoms with Crippen LogP contribution >= 0.6 is 23.2 Å². The van der Waals surface area contributed by atoms with Crippen molar-refractivity contribution < 1.29 is 4.74 Å². The van der Waals surface area contributed by atoms with Gasteiger partial charge in [0.15, 0.2) is 0 Å². The molecule has 0 radical (unpaired) electrons. The summed E-state index contributed by atoms with van der Waals surface area (Å²) in [6.07, 6.45) is 2.84. The van der Waals surface area contributed by atoms with Gasteiger partial charge in [0, 0.05) is 35.9 Å². The van der Waals surface area contributed by atoms with Crippen LogP contribution in [0, 0.1) is 0 Å². The van der Waals surface area contributed by atoms with Crippen LogP contribution in [0.4, 0.5) is 0 Å². The van der Waals surface area contributed by atoms with Gasteiger partial charge in [-0.3, -0.25) is 4.90 Å². The van der Waals surface area contributed by atoms with E-state index in [-0.39, 0.29) is 0 Å². The lowest BCUT2D eigenvalue weighted by atomic mass is 10.1. The zero-order valence-electron chi connectivity index (χ0n) is 9.83. The Morgan fingerprint density at radius 2 is 2.35 bits per heavy atom. The Labute approximate surface area is 112 Å². The van der Waals surface area contributed by atoms with Gasteiger partial charge in [0.25, 0.3) is 0 Å². The third-order valence-electron chi connectivity index (χ3n) is 3.09. The van der Waals surface area contributed by atoms with E-state index in [2.05, 4.69) is 16.8 Å². The van der Waals surface area contributed by atoms with E-state index in [9.17, 15) is 0 Å². The first-order valence-corrected chi connectivity index (χ1v) is 6.58. The van der Waals surface area contributed by atoms with Crippen LogP contribution < -0.4 is 0 Å². The Morgan fingerprint density at radius 1 is 1.53 bits per heavy atom. The summed E-state index contributed by atoms with van der Waals surface area (Å²) in [4.78, 5) is 6.47. The number of rotatable bonds is 3. The fourth-order valence-corrected chi connectivity index (χ4v) is 2.47. The van der Waals surface area contributed by atoms with Crippen LogP contribution in [0.5, 0.6) is 0 Å². The van der Waals surface area contributed by atoms with Crippen LogP contribution in [0.2, 0.25) is 10.2 Å². The number of pyridine rings is 1. The van der Waals surface area contributed by atoms with E-state index in [0.29, 0.717) is 16.2 Å². The molecule has 5 heteroatoms. The van der Waals surface area contributed by atoms with Gasteiger partial charge in [-0.15, -0.1) is 0 Å². The van der Waals surface area contributed by atoms with Crippen molar-refractivity contribution in [2.24, 2.45) is 0 Å². The molecule has 1 fully saturated rings. The first-order valence-electron chi connectivity index (χ1n) is 5.82. The standard InChI is InChI=1S/C12H16Cl2N2O/c1-2-10-8-17-4-3-16(10)7-9-6-15-12(14)5-11(9)13/h5-6,10H,2-4,7-8H2,1H3. The molecule has 0 spiro atoms. The molecule has 1 unspecified atom stereocenters.